The van der Waals surface area contributed by atoms with E-state index in [2.05, 4.69) is 20.1 Å². The number of benzene rings is 2. The second-order valence-corrected chi connectivity index (χ2v) is 14.2. The maximum atomic E-state index is 14.9. The van der Waals surface area contributed by atoms with Crippen LogP contribution in [-0.4, -0.2) is 82.7 Å². The van der Waals surface area contributed by atoms with E-state index in [1.807, 2.05) is 50.2 Å². The van der Waals surface area contributed by atoms with Gasteiger partial charge in [-0.3, -0.25) is 14.4 Å². The van der Waals surface area contributed by atoms with Gasteiger partial charge in [-0.1, -0.05) is 19.1 Å². The van der Waals surface area contributed by atoms with Crippen molar-refractivity contribution in [1.29, 1.82) is 0 Å². The number of hydrogen-bond donors (Lipinski definition) is 1. The topological polar surface area (TPSA) is 99.6 Å². The van der Waals surface area contributed by atoms with E-state index >= 15 is 0 Å². The quantitative estimate of drug-likeness (QED) is 0.286. The fourth-order valence-corrected chi connectivity index (χ4v) is 10.0. The number of carbonyl (C=O) groups is 3. The highest BCUT2D eigenvalue weighted by atomic mass is 32.2. The first-order valence-corrected chi connectivity index (χ1v) is 16.8. The molecule has 0 aromatic heterocycles. The molecule has 2 aromatic rings. The van der Waals surface area contributed by atoms with Crippen molar-refractivity contribution in [2.75, 3.05) is 43.2 Å². The first-order chi connectivity index (χ1) is 22.1. The lowest BCUT2D eigenvalue weighted by atomic mass is 9.66. The van der Waals surface area contributed by atoms with E-state index in [9.17, 15) is 19.5 Å². The predicted octanol–water partition coefficient (Wildman–Crippen LogP) is 5.08. The number of aliphatic hydroxyl groups is 1. The Hall–Kier alpha value is -3.76. The molecule has 2 unspecified atom stereocenters. The van der Waals surface area contributed by atoms with Gasteiger partial charge in [0.1, 0.15) is 17.5 Å². The van der Waals surface area contributed by atoms with Gasteiger partial charge in [0.15, 0.2) is 0 Å². The summed E-state index contributed by atoms with van der Waals surface area (Å²) >= 11 is 1.62. The smallest absolute Gasteiger partial charge is 0.251 e. The zero-order chi connectivity index (χ0) is 33.2. The Balaban J connectivity index is 1.59. The van der Waals surface area contributed by atoms with Crippen molar-refractivity contribution in [2.45, 2.75) is 61.6 Å². The molecule has 3 aliphatic rings. The number of hydrogen-bond acceptors (Lipinski definition) is 7. The molecule has 0 radical (unpaired) electrons. The molecular formula is C36H45N3O6S. The van der Waals surface area contributed by atoms with Crippen LogP contribution in [0.25, 0.3) is 0 Å². The SMILES string of the molecule is C=CCN(C(=O)C1N([C@@H](CC)CO)C(=O)[C@@H]2[C@@H](C(=O)N(CC=C)c3ccc(OCC)cc3)[C@@]3(C)CCC12S3)c1ccc(OC)cc1. The van der Waals surface area contributed by atoms with Crippen molar-refractivity contribution in [3.05, 3.63) is 73.8 Å². The summed E-state index contributed by atoms with van der Waals surface area (Å²) in [5, 5.41) is 10.5. The molecule has 3 heterocycles. The number of fused-ring (bicyclic) bond motifs is 1. The standard InChI is InChI=1S/C36H45N3O6S/c1-7-21-37(25-13-17-28(18-14-25)45-10-4)32(41)29-30-33(42)39(24(9-3)23-40)31(36(30)20-19-35(29,5)46-36)34(43)38(22-8-2)26-11-15-27(44-6)16-12-26/h7-8,11-18,24,29-31,40H,1-2,9-10,19-23H2,3-6H3/t24-,29-,30-,31?,35+,36?/m0/s1. The normalized spacial score (nSPS) is 26.8. The van der Waals surface area contributed by atoms with E-state index < -0.39 is 33.4 Å². The third kappa shape index (κ3) is 5.49. The Kier molecular flexibility index (Phi) is 9.89. The van der Waals surface area contributed by atoms with Gasteiger partial charge < -0.3 is 29.3 Å². The zero-order valence-corrected chi connectivity index (χ0v) is 28.0. The van der Waals surface area contributed by atoms with E-state index in [0.29, 0.717) is 48.7 Å². The molecule has 246 valence electrons. The molecule has 3 aliphatic heterocycles. The van der Waals surface area contributed by atoms with Crippen LogP contribution in [0.5, 0.6) is 11.5 Å². The number of likely N-dealkylation sites (tertiary alicyclic amines) is 1. The third-order valence-electron chi connectivity index (χ3n) is 9.79. The Labute approximate surface area is 276 Å². The van der Waals surface area contributed by atoms with Crippen molar-refractivity contribution in [3.8, 4) is 11.5 Å². The van der Waals surface area contributed by atoms with Crippen LogP contribution in [0.1, 0.15) is 40.0 Å². The van der Waals surface area contributed by atoms with Gasteiger partial charge in [-0.05, 0) is 81.6 Å². The van der Waals surface area contributed by atoms with E-state index in [4.69, 9.17) is 9.47 Å². The molecule has 2 bridgehead atoms. The molecule has 10 heteroatoms. The number of methoxy groups -OCH3 is 1. The molecule has 2 aromatic carbocycles. The summed E-state index contributed by atoms with van der Waals surface area (Å²) in [6, 6.07) is 13.1. The molecule has 3 amide bonds. The average molecular weight is 648 g/mol. The fraction of sp³-hybridized carbons (Fsp3) is 0.472. The second kappa shape index (κ2) is 13.5. The molecule has 0 aliphatic carbocycles. The molecular weight excluding hydrogens is 602 g/mol. The Morgan fingerprint density at radius 1 is 1.00 bits per heavy atom. The molecule has 5 rings (SSSR count). The van der Waals surface area contributed by atoms with Crippen LogP contribution in [-0.2, 0) is 14.4 Å². The Bertz CT molecular complexity index is 1460. The fourth-order valence-electron chi connectivity index (χ4n) is 7.70. The van der Waals surface area contributed by atoms with Gasteiger partial charge in [-0.15, -0.1) is 24.9 Å². The van der Waals surface area contributed by atoms with Crippen molar-refractivity contribution >= 4 is 40.9 Å². The molecule has 9 nitrogen and oxygen atoms in total. The van der Waals surface area contributed by atoms with Gasteiger partial charge >= 0.3 is 0 Å². The summed E-state index contributed by atoms with van der Waals surface area (Å²) in [5.74, 6) is -0.683. The average Bonchev–Trinajstić information content (AvgIpc) is 3.64. The number of thioether (sulfide) groups is 1. The maximum absolute atomic E-state index is 14.9. The summed E-state index contributed by atoms with van der Waals surface area (Å²) in [6.07, 6.45) is 5.11. The lowest BCUT2D eigenvalue weighted by Gasteiger charge is -2.39. The van der Waals surface area contributed by atoms with Gasteiger partial charge in [0.25, 0.3) is 5.91 Å². The number of amides is 3. The number of anilines is 2. The minimum atomic E-state index is -0.868. The van der Waals surface area contributed by atoms with Crippen LogP contribution in [0, 0.1) is 11.8 Å². The Morgan fingerprint density at radius 2 is 1.57 bits per heavy atom. The summed E-state index contributed by atoms with van der Waals surface area (Å²) in [4.78, 5) is 49.3. The monoisotopic (exact) mass is 647 g/mol. The molecule has 1 N–H and O–H groups in total. The summed E-state index contributed by atoms with van der Waals surface area (Å²) in [6.45, 7) is 14.4. The molecule has 1 spiro atoms. The van der Waals surface area contributed by atoms with Gasteiger partial charge in [0, 0.05) is 29.2 Å². The summed E-state index contributed by atoms with van der Waals surface area (Å²) < 4.78 is 9.55. The van der Waals surface area contributed by atoms with Crippen LogP contribution in [0.2, 0.25) is 0 Å². The number of ether oxygens (including phenoxy) is 2. The lowest BCUT2D eigenvalue weighted by Crippen LogP contribution is -2.57. The van der Waals surface area contributed by atoms with E-state index in [0.717, 1.165) is 0 Å². The first-order valence-electron chi connectivity index (χ1n) is 16.0. The highest BCUT2D eigenvalue weighted by Crippen LogP contribution is 2.72. The highest BCUT2D eigenvalue weighted by Gasteiger charge is 2.78. The van der Waals surface area contributed by atoms with Crippen molar-refractivity contribution in [3.63, 3.8) is 0 Å². The number of rotatable bonds is 14. The van der Waals surface area contributed by atoms with Crippen LogP contribution < -0.4 is 19.3 Å². The minimum Gasteiger partial charge on any atom is -0.497 e. The highest BCUT2D eigenvalue weighted by molar-refractivity contribution is 8.02. The van der Waals surface area contributed by atoms with Gasteiger partial charge in [-0.25, -0.2) is 0 Å². The van der Waals surface area contributed by atoms with Crippen LogP contribution in [0.15, 0.2) is 73.8 Å². The van der Waals surface area contributed by atoms with Crippen LogP contribution >= 0.6 is 11.8 Å². The molecule has 6 atom stereocenters. The number of aliphatic hydroxyl groups excluding tert-OH is 1. The largest absolute Gasteiger partial charge is 0.497 e. The zero-order valence-electron chi connectivity index (χ0n) is 27.2. The third-order valence-corrected chi connectivity index (χ3v) is 11.8. The summed E-state index contributed by atoms with van der Waals surface area (Å²) in [7, 11) is 1.58. The maximum Gasteiger partial charge on any atom is 0.251 e. The first kappa shape index (κ1) is 33.6. The summed E-state index contributed by atoms with van der Waals surface area (Å²) in [5.41, 5.74) is 1.34. The molecule has 46 heavy (non-hydrogen) atoms. The van der Waals surface area contributed by atoms with Crippen LogP contribution in [0.3, 0.4) is 0 Å². The molecule has 0 saturated carbocycles. The second-order valence-electron chi connectivity index (χ2n) is 12.3. The van der Waals surface area contributed by atoms with Crippen molar-refractivity contribution < 1.29 is 29.0 Å². The van der Waals surface area contributed by atoms with E-state index in [1.54, 1.807) is 57.9 Å². The van der Waals surface area contributed by atoms with Crippen molar-refractivity contribution in [1.82, 2.24) is 4.90 Å². The number of nitrogens with zero attached hydrogens (tertiary/aromatic N) is 3. The van der Waals surface area contributed by atoms with Gasteiger partial charge in [0.2, 0.25) is 11.8 Å². The lowest BCUT2D eigenvalue weighted by molar-refractivity contribution is -0.142. The molecule has 3 fully saturated rings. The van der Waals surface area contributed by atoms with Gasteiger partial charge in [0.05, 0.1) is 42.9 Å². The van der Waals surface area contributed by atoms with Crippen LogP contribution in [0.4, 0.5) is 11.4 Å². The molecule has 3 saturated heterocycles. The van der Waals surface area contributed by atoms with Crippen molar-refractivity contribution in [2.24, 2.45) is 11.8 Å². The van der Waals surface area contributed by atoms with E-state index in [1.165, 1.54) is 0 Å². The predicted molar refractivity (Wildman–Crippen MR) is 182 cm³/mol. The minimum absolute atomic E-state index is 0.165. The Morgan fingerprint density at radius 3 is 2.07 bits per heavy atom. The van der Waals surface area contributed by atoms with Gasteiger partial charge in [-0.2, -0.15) is 0 Å². The van der Waals surface area contributed by atoms with E-state index in [-0.39, 0.29) is 37.4 Å². The number of carbonyl (C=O) groups excluding carboxylic acids is 3.